The molecule has 0 aliphatic carbocycles. The summed E-state index contributed by atoms with van der Waals surface area (Å²) in [7, 11) is 1.34. The highest BCUT2D eigenvalue weighted by atomic mass is 35.5. The van der Waals surface area contributed by atoms with Crippen LogP contribution in [0.5, 0.6) is 0 Å². The van der Waals surface area contributed by atoms with Crippen LogP contribution >= 0.6 is 35.1 Å². The van der Waals surface area contributed by atoms with Gasteiger partial charge in [0.05, 0.1) is 24.6 Å². The quantitative estimate of drug-likeness (QED) is 0.658. The molecule has 148 valence electrons. The third-order valence-electron chi connectivity index (χ3n) is 4.03. The first-order chi connectivity index (χ1) is 13.5. The highest BCUT2D eigenvalue weighted by Gasteiger charge is 2.32. The molecule has 0 spiro atoms. The van der Waals surface area contributed by atoms with Gasteiger partial charge in [-0.1, -0.05) is 23.7 Å². The lowest BCUT2D eigenvalue weighted by atomic mass is 10.2. The van der Waals surface area contributed by atoms with Crippen molar-refractivity contribution in [3.8, 4) is 11.5 Å². The molecule has 6 nitrogen and oxygen atoms in total. The Morgan fingerprint density at radius 1 is 1.43 bits per heavy atom. The maximum Gasteiger partial charge on any atom is 0.321 e. The summed E-state index contributed by atoms with van der Waals surface area (Å²) in [4.78, 5) is 28.4. The SMILES string of the molecule is COC(=O)C1SC=CC1NC(=O)CSCc1nc(-c2cccc(Cl)c2)oc1C. The average molecular weight is 439 g/mol. The molecule has 0 saturated carbocycles. The molecule has 9 heteroatoms. The number of ether oxygens (including phenoxy) is 1. The summed E-state index contributed by atoms with van der Waals surface area (Å²) in [5, 5.41) is 4.84. The van der Waals surface area contributed by atoms with Gasteiger partial charge in [0.15, 0.2) is 0 Å². The van der Waals surface area contributed by atoms with Gasteiger partial charge < -0.3 is 14.5 Å². The van der Waals surface area contributed by atoms with Gasteiger partial charge in [0, 0.05) is 16.3 Å². The van der Waals surface area contributed by atoms with Gasteiger partial charge >= 0.3 is 5.97 Å². The maximum absolute atomic E-state index is 12.2. The Kier molecular flexibility index (Phi) is 7.09. The fourth-order valence-corrected chi connectivity index (χ4v) is 4.60. The molecule has 2 unspecified atom stereocenters. The summed E-state index contributed by atoms with van der Waals surface area (Å²) in [5.41, 5.74) is 1.60. The van der Waals surface area contributed by atoms with E-state index in [-0.39, 0.29) is 23.7 Å². The predicted molar refractivity (Wildman–Crippen MR) is 112 cm³/mol. The molecule has 1 N–H and O–H groups in total. The van der Waals surface area contributed by atoms with Crippen LogP contribution in [-0.2, 0) is 20.1 Å². The Morgan fingerprint density at radius 2 is 2.25 bits per heavy atom. The minimum absolute atomic E-state index is 0.146. The van der Waals surface area contributed by atoms with Gasteiger partial charge in [0.25, 0.3) is 0 Å². The number of oxazole rings is 1. The van der Waals surface area contributed by atoms with Gasteiger partial charge in [-0.3, -0.25) is 9.59 Å². The van der Waals surface area contributed by atoms with Crippen molar-refractivity contribution in [2.45, 2.75) is 24.0 Å². The first-order valence-corrected chi connectivity index (χ1v) is 10.9. The zero-order valence-electron chi connectivity index (χ0n) is 15.3. The third-order valence-corrected chi connectivity index (χ3v) is 6.31. The number of amides is 1. The first-order valence-electron chi connectivity index (χ1n) is 8.47. The zero-order chi connectivity index (χ0) is 20.1. The Balaban J connectivity index is 1.52. The van der Waals surface area contributed by atoms with Crippen LogP contribution in [0.15, 0.2) is 40.2 Å². The van der Waals surface area contributed by atoms with E-state index in [1.807, 2.05) is 19.1 Å². The molecule has 2 atom stereocenters. The van der Waals surface area contributed by atoms with Gasteiger partial charge in [-0.2, -0.15) is 0 Å². The number of methoxy groups -OCH3 is 1. The Morgan fingerprint density at radius 3 is 3.00 bits per heavy atom. The van der Waals surface area contributed by atoms with E-state index < -0.39 is 5.25 Å². The molecule has 1 aliphatic rings. The standard InChI is InChI=1S/C19H19ClN2O4S2/c1-11-15(22-18(26-11)12-4-3-5-13(20)8-12)9-27-10-16(23)21-14-6-7-28-17(14)19(24)25-2/h3-8,14,17H,9-10H2,1-2H3,(H,21,23). The molecule has 28 heavy (non-hydrogen) atoms. The second kappa shape index (κ2) is 9.54. The topological polar surface area (TPSA) is 81.4 Å². The molecule has 0 saturated heterocycles. The van der Waals surface area contributed by atoms with Crippen LogP contribution in [0.3, 0.4) is 0 Å². The van der Waals surface area contributed by atoms with E-state index in [1.165, 1.54) is 30.6 Å². The van der Waals surface area contributed by atoms with Crippen molar-refractivity contribution in [2.24, 2.45) is 0 Å². The number of halogens is 1. The number of hydrogen-bond donors (Lipinski definition) is 1. The van der Waals surface area contributed by atoms with Gasteiger partial charge in [-0.05, 0) is 30.5 Å². The van der Waals surface area contributed by atoms with Gasteiger partial charge in [-0.15, -0.1) is 23.5 Å². The number of benzene rings is 1. The minimum atomic E-state index is -0.433. The van der Waals surface area contributed by atoms with Gasteiger partial charge in [-0.25, -0.2) is 4.98 Å². The van der Waals surface area contributed by atoms with E-state index >= 15 is 0 Å². The molecular weight excluding hydrogens is 420 g/mol. The van der Waals surface area contributed by atoms with Crippen LogP contribution in [0.1, 0.15) is 11.5 Å². The molecule has 1 aromatic carbocycles. The van der Waals surface area contributed by atoms with Crippen molar-refractivity contribution in [2.75, 3.05) is 12.9 Å². The highest BCUT2D eigenvalue weighted by molar-refractivity contribution is 8.03. The number of aryl methyl sites for hydroxylation is 1. The van der Waals surface area contributed by atoms with Crippen LogP contribution in [0, 0.1) is 6.92 Å². The third kappa shape index (κ3) is 5.12. The average Bonchev–Trinajstić information content (AvgIpc) is 3.28. The van der Waals surface area contributed by atoms with Crippen LogP contribution in [0.2, 0.25) is 5.02 Å². The lowest BCUT2D eigenvalue weighted by Gasteiger charge is -2.17. The van der Waals surface area contributed by atoms with Crippen LogP contribution in [-0.4, -0.2) is 41.0 Å². The summed E-state index contributed by atoms with van der Waals surface area (Å²) in [6, 6.07) is 6.95. The second-order valence-electron chi connectivity index (χ2n) is 6.03. The van der Waals surface area contributed by atoms with Crippen molar-refractivity contribution in [3.63, 3.8) is 0 Å². The molecule has 1 aliphatic heterocycles. The molecule has 2 heterocycles. The largest absolute Gasteiger partial charge is 0.468 e. The Hall–Kier alpha value is -1.90. The van der Waals surface area contributed by atoms with E-state index in [2.05, 4.69) is 10.3 Å². The molecule has 1 amide bonds. The molecule has 0 bridgehead atoms. The molecule has 1 aromatic heterocycles. The van der Waals surface area contributed by atoms with Crippen LogP contribution < -0.4 is 5.32 Å². The Labute approximate surface area is 176 Å². The number of nitrogens with one attached hydrogen (secondary N) is 1. The molecule has 2 aromatic rings. The molecular formula is C19H19ClN2O4S2. The zero-order valence-corrected chi connectivity index (χ0v) is 17.7. The smallest absolute Gasteiger partial charge is 0.321 e. The van der Waals surface area contributed by atoms with Crippen molar-refractivity contribution >= 4 is 47.0 Å². The summed E-state index contributed by atoms with van der Waals surface area (Å²) in [5.74, 6) is 1.52. The van der Waals surface area contributed by atoms with Crippen LogP contribution in [0.25, 0.3) is 11.5 Å². The number of thioether (sulfide) groups is 2. The second-order valence-corrected chi connectivity index (χ2v) is 8.50. The molecule has 0 fully saturated rings. The van der Waals surface area contributed by atoms with E-state index in [4.69, 9.17) is 20.8 Å². The lowest BCUT2D eigenvalue weighted by Crippen LogP contribution is -2.43. The number of carbonyl (C=O) groups is 2. The summed E-state index contributed by atoms with van der Waals surface area (Å²) in [6.07, 6.45) is 1.80. The maximum atomic E-state index is 12.2. The molecule has 3 rings (SSSR count). The van der Waals surface area contributed by atoms with E-state index in [0.29, 0.717) is 22.4 Å². The summed E-state index contributed by atoms with van der Waals surface area (Å²) >= 11 is 8.79. The number of rotatable bonds is 7. The van der Waals surface area contributed by atoms with E-state index in [9.17, 15) is 9.59 Å². The monoisotopic (exact) mass is 438 g/mol. The predicted octanol–water partition coefficient (Wildman–Crippen LogP) is 3.82. The van der Waals surface area contributed by atoms with E-state index in [0.717, 1.165) is 11.3 Å². The minimum Gasteiger partial charge on any atom is -0.468 e. The van der Waals surface area contributed by atoms with Crippen molar-refractivity contribution < 1.29 is 18.7 Å². The number of aromatic nitrogens is 1. The number of esters is 1. The van der Waals surface area contributed by atoms with Crippen molar-refractivity contribution in [3.05, 3.63) is 52.2 Å². The first kappa shape index (κ1) is 20.8. The normalized spacial score (nSPS) is 18.2. The van der Waals surface area contributed by atoms with E-state index in [1.54, 1.807) is 23.6 Å². The summed E-state index contributed by atoms with van der Waals surface area (Å²) < 4.78 is 10.5. The number of nitrogens with zero attached hydrogens (tertiary/aromatic N) is 1. The Bertz CT molecular complexity index is 900. The van der Waals surface area contributed by atoms with Gasteiger partial charge in [0.1, 0.15) is 11.0 Å². The highest BCUT2D eigenvalue weighted by Crippen LogP contribution is 2.27. The van der Waals surface area contributed by atoms with Crippen LogP contribution in [0.4, 0.5) is 0 Å². The van der Waals surface area contributed by atoms with Crippen molar-refractivity contribution in [1.82, 2.24) is 10.3 Å². The fraction of sp³-hybridized carbons (Fsp3) is 0.316. The van der Waals surface area contributed by atoms with Gasteiger partial charge in [0.2, 0.25) is 11.8 Å². The van der Waals surface area contributed by atoms with Crippen molar-refractivity contribution in [1.29, 1.82) is 0 Å². The fourth-order valence-electron chi connectivity index (χ4n) is 2.62. The molecule has 0 radical (unpaired) electrons. The number of hydrogen-bond acceptors (Lipinski definition) is 7. The number of carbonyl (C=O) groups excluding carboxylic acids is 2. The lowest BCUT2D eigenvalue weighted by molar-refractivity contribution is -0.140. The summed E-state index contributed by atoms with van der Waals surface area (Å²) in [6.45, 7) is 1.85.